The highest BCUT2D eigenvalue weighted by atomic mass is 79.9. The predicted molar refractivity (Wildman–Crippen MR) is 167 cm³/mol. The lowest BCUT2D eigenvalue weighted by molar-refractivity contribution is -0.147. The Hall–Kier alpha value is -4.18. The Balaban J connectivity index is 1.88. The van der Waals surface area contributed by atoms with Crippen LogP contribution < -0.4 is 19.8 Å². The molecule has 0 radical (unpaired) electrons. The molecule has 0 N–H and O–H groups in total. The average molecular weight is 637 g/mol. The zero-order chi connectivity index (χ0) is 30.6. The van der Waals surface area contributed by atoms with Crippen molar-refractivity contribution in [3.05, 3.63) is 80.0 Å². The summed E-state index contributed by atoms with van der Waals surface area (Å²) in [4.78, 5) is 30.6. The zero-order valence-corrected chi connectivity index (χ0v) is 26.3. The summed E-state index contributed by atoms with van der Waals surface area (Å²) in [7, 11) is 2.79. The van der Waals surface area contributed by atoms with Crippen molar-refractivity contribution in [2.24, 2.45) is 5.10 Å². The maximum absolute atomic E-state index is 13.8. The number of aromatic nitrogens is 2. The van der Waals surface area contributed by atoms with E-state index in [0.29, 0.717) is 44.9 Å². The van der Waals surface area contributed by atoms with Crippen molar-refractivity contribution in [1.82, 2.24) is 9.66 Å². The summed E-state index contributed by atoms with van der Waals surface area (Å²) in [5, 5.41) is 5.08. The molecule has 9 nitrogen and oxygen atoms in total. The highest BCUT2D eigenvalue weighted by Gasteiger charge is 2.20. The molecule has 0 aliphatic rings. The first-order valence-corrected chi connectivity index (χ1v) is 14.3. The number of carbonyl (C=O) groups is 1. The number of hydrogen-bond donors (Lipinski definition) is 0. The van der Waals surface area contributed by atoms with Gasteiger partial charge in [-0.1, -0.05) is 26.0 Å². The number of halogens is 1. The van der Waals surface area contributed by atoms with Crippen LogP contribution in [0.25, 0.3) is 22.3 Å². The largest absolute Gasteiger partial charge is 0.494 e. The number of hydrogen-bond acceptors (Lipinski definition) is 8. The highest BCUT2D eigenvalue weighted by Crippen LogP contribution is 2.35. The van der Waals surface area contributed by atoms with Gasteiger partial charge in [-0.3, -0.25) is 4.79 Å². The number of esters is 1. The lowest BCUT2D eigenvalue weighted by Gasteiger charge is -2.18. The number of aryl methyl sites for hydroxylation is 1. The van der Waals surface area contributed by atoms with Crippen molar-refractivity contribution in [2.75, 3.05) is 20.8 Å². The SMILES string of the molecule is CCOc1cc(C)c(-c2nc3ccccc3c(=O)n2N=Cc2cc(OC)c(O[C@@H](C)C(=O)OC)cc2Br)cc1C(C)C. The molecule has 0 unspecified atom stereocenters. The van der Waals surface area contributed by atoms with Crippen molar-refractivity contribution < 1.29 is 23.7 Å². The van der Waals surface area contributed by atoms with Gasteiger partial charge in [-0.2, -0.15) is 9.78 Å². The highest BCUT2D eigenvalue weighted by molar-refractivity contribution is 9.10. The van der Waals surface area contributed by atoms with E-state index in [1.54, 1.807) is 37.4 Å². The van der Waals surface area contributed by atoms with Gasteiger partial charge in [-0.15, -0.1) is 0 Å². The van der Waals surface area contributed by atoms with Crippen LogP contribution in [0.15, 0.2) is 62.9 Å². The summed E-state index contributed by atoms with van der Waals surface area (Å²) < 4.78 is 23.9. The van der Waals surface area contributed by atoms with Gasteiger partial charge in [0.2, 0.25) is 0 Å². The average Bonchev–Trinajstić information content (AvgIpc) is 2.97. The van der Waals surface area contributed by atoms with E-state index >= 15 is 0 Å². The normalized spacial score (nSPS) is 12.1. The van der Waals surface area contributed by atoms with Crippen LogP contribution in [0.3, 0.4) is 0 Å². The van der Waals surface area contributed by atoms with Crippen molar-refractivity contribution in [2.45, 2.75) is 46.6 Å². The van der Waals surface area contributed by atoms with Crippen molar-refractivity contribution in [3.8, 4) is 28.6 Å². The third kappa shape index (κ3) is 6.33. The first-order valence-electron chi connectivity index (χ1n) is 13.5. The summed E-state index contributed by atoms with van der Waals surface area (Å²) in [6.45, 7) is 10.2. The molecule has 0 fully saturated rings. The molecule has 10 heteroatoms. The molecule has 1 heterocycles. The van der Waals surface area contributed by atoms with E-state index in [2.05, 4.69) is 34.9 Å². The van der Waals surface area contributed by atoms with Crippen LogP contribution in [0.4, 0.5) is 0 Å². The van der Waals surface area contributed by atoms with E-state index in [9.17, 15) is 9.59 Å². The smallest absolute Gasteiger partial charge is 0.346 e. The second-order valence-electron chi connectivity index (χ2n) is 9.91. The molecular formula is C32H34BrN3O6. The number of nitrogens with zero attached hydrogens (tertiary/aromatic N) is 3. The van der Waals surface area contributed by atoms with Crippen LogP contribution in [0.1, 0.15) is 50.3 Å². The van der Waals surface area contributed by atoms with E-state index in [-0.39, 0.29) is 11.5 Å². The van der Waals surface area contributed by atoms with Gasteiger partial charge in [0, 0.05) is 15.6 Å². The number of ether oxygens (including phenoxy) is 4. The number of para-hydroxylation sites is 1. The fraction of sp³-hybridized carbons (Fsp3) is 0.312. The molecule has 42 heavy (non-hydrogen) atoms. The van der Waals surface area contributed by atoms with Crippen LogP contribution in [0, 0.1) is 6.92 Å². The molecule has 0 saturated carbocycles. The lowest BCUT2D eigenvalue weighted by Crippen LogP contribution is -2.25. The van der Waals surface area contributed by atoms with Crippen LogP contribution in [-0.4, -0.2) is 48.8 Å². The third-order valence-electron chi connectivity index (χ3n) is 6.71. The number of carbonyl (C=O) groups excluding carboxylic acids is 1. The first kappa shape index (κ1) is 30.8. The molecule has 4 rings (SSSR count). The molecule has 1 aromatic heterocycles. The Kier molecular flexibility index (Phi) is 9.67. The van der Waals surface area contributed by atoms with E-state index in [4.69, 9.17) is 23.9 Å². The third-order valence-corrected chi connectivity index (χ3v) is 7.39. The van der Waals surface area contributed by atoms with Gasteiger partial charge in [0.15, 0.2) is 23.4 Å². The maximum atomic E-state index is 13.8. The fourth-order valence-corrected chi connectivity index (χ4v) is 4.93. The van der Waals surface area contributed by atoms with Crippen LogP contribution in [-0.2, 0) is 9.53 Å². The quantitative estimate of drug-likeness (QED) is 0.145. The predicted octanol–water partition coefficient (Wildman–Crippen LogP) is 6.49. The topological polar surface area (TPSA) is 101 Å². The van der Waals surface area contributed by atoms with Gasteiger partial charge in [0.05, 0.1) is 37.9 Å². The monoisotopic (exact) mass is 635 g/mol. The van der Waals surface area contributed by atoms with Crippen molar-refractivity contribution >= 4 is 39.0 Å². The summed E-state index contributed by atoms with van der Waals surface area (Å²) in [5.74, 6) is 1.61. The summed E-state index contributed by atoms with van der Waals surface area (Å²) in [6.07, 6.45) is 0.711. The molecule has 0 spiro atoms. The number of fused-ring (bicyclic) bond motifs is 1. The minimum Gasteiger partial charge on any atom is -0.494 e. The fourth-order valence-electron chi connectivity index (χ4n) is 4.50. The second kappa shape index (κ2) is 13.2. The van der Waals surface area contributed by atoms with Gasteiger partial charge in [-0.05, 0) is 90.1 Å². The van der Waals surface area contributed by atoms with Crippen LogP contribution in [0.2, 0.25) is 0 Å². The molecule has 0 saturated heterocycles. The minimum atomic E-state index is -0.840. The Bertz CT molecular complexity index is 1710. The van der Waals surface area contributed by atoms with Gasteiger partial charge in [0.1, 0.15) is 5.75 Å². The molecule has 4 aromatic rings. The molecule has 0 aliphatic carbocycles. The molecular weight excluding hydrogens is 602 g/mol. The minimum absolute atomic E-state index is 0.182. The molecule has 3 aromatic carbocycles. The summed E-state index contributed by atoms with van der Waals surface area (Å²) in [5.41, 5.74) is 3.58. The first-order chi connectivity index (χ1) is 20.1. The van der Waals surface area contributed by atoms with Crippen LogP contribution >= 0.6 is 15.9 Å². The lowest BCUT2D eigenvalue weighted by atomic mass is 9.96. The summed E-state index contributed by atoms with van der Waals surface area (Å²) >= 11 is 3.55. The number of methoxy groups -OCH3 is 2. The molecule has 0 bridgehead atoms. The number of rotatable bonds is 10. The number of benzene rings is 3. The Labute approximate surface area is 253 Å². The molecule has 220 valence electrons. The van der Waals surface area contributed by atoms with Gasteiger partial charge < -0.3 is 18.9 Å². The molecule has 0 amide bonds. The van der Waals surface area contributed by atoms with Gasteiger partial charge >= 0.3 is 5.97 Å². The van der Waals surface area contributed by atoms with Crippen molar-refractivity contribution in [3.63, 3.8) is 0 Å². The zero-order valence-electron chi connectivity index (χ0n) is 24.7. The molecule has 0 aliphatic heterocycles. The Morgan fingerprint density at radius 2 is 1.81 bits per heavy atom. The Morgan fingerprint density at radius 3 is 2.48 bits per heavy atom. The molecule has 1 atom stereocenters. The van der Waals surface area contributed by atoms with Crippen molar-refractivity contribution in [1.29, 1.82) is 0 Å². The van der Waals surface area contributed by atoms with E-state index in [0.717, 1.165) is 22.4 Å². The van der Waals surface area contributed by atoms with E-state index in [1.165, 1.54) is 18.9 Å². The van der Waals surface area contributed by atoms with Crippen LogP contribution in [0.5, 0.6) is 17.2 Å². The Morgan fingerprint density at radius 1 is 1.07 bits per heavy atom. The van der Waals surface area contributed by atoms with Gasteiger partial charge in [-0.25, -0.2) is 9.78 Å². The standard InChI is InChI=1S/C32H34BrN3O6/c1-8-41-27-13-19(4)24(15-23(27)18(2)3)30-35-26-12-10-9-11-22(26)31(37)36(30)34-17-21-14-28(39-6)29(16-25(21)33)42-20(5)32(38)40-7/h9-18,20H,8H2,1-7H3/t20-/m0/s1. The maximum Gasteiger partial charge on any atom is 0.346 e. The van der Waals surface area contributed by atoms with E-state index in [1.807, 2.05) is 38.1 Å². The van der Waals surface area contributed by atoms with Gasteiger partial charge in [0.25, 0.3) is 5.56 Å². The van der Waals surface area contributed by atoms with E-state index < -0.39 is 12.1 Å². The second-order valence-corrected chi connectivity index (χ2v) is 10.8. The summed E-state index contributed by atoms with van der Waals surface area (Å²) in [6, 6.07) is 14.6.